The van der Waals surface area contributed by atoms with Crippen molar-refractivity contribution in [3.8, 4) is 0 Å². The molecule has 4 aromatic rings. The molecule has 0 aliphatic carbocycles. The Hall–Kier alpha value is -3.36. The molecule has 5 rings (SSSR count). The highest BCUT2D eigenvalue weighted by molar-refractivity contribution is 5.79. The van der Waals surface area contributed by atoms with E-state index in [1.165, 1.54) is 16.7 Å². The van der Waals surface area contributed by atoms with Crippen LogP contribution in [0.15, 0.2) is 53.3 Å². The zero-order valence-corrected chi connectivity index (χ0v) is 22.0. The van der Waals surface area contributed by atoms with E-state index in [1.807, 2.05) is 16.8 Å². The standard InChI is InChI=1S/C29H36N6O2/c1-4-21-12-13-26-23(15-21)16-24(29(36)30-26)18-34(17-22-10-8-20(3)9-11-22)27(5-2)28-31-32-33-35(28)19-25-7-6-14-37-25/h8-13,15-16,25,27H,4-7,14,17-19H2,1-3H3,(H,30,36)/t25-,27+/m1/s1. The van der Waals surface area contributed by atoms with Gasteiger partial charge in [-0.2, -0.15) is 0 Å². The van der Waals surface area contributed by atoms with E-state index in [9.17, 15) is 4.79 Å². The number of hydrogen-bond donors (Lipinski definition) is 1. The van der Waals surface area contributed by atoms with Crippen molar-refractivity contribution < 1.29 is 4.74 Å². The summed E-state index contributed by atoms with van der Waals surface area (Å²) in [5.74, 6) is 0.815. The van der Waals surface area contributed by atoms with Crippen LogP contribution >= 0.6 is 0 Å². The van der Waals surface area contributed by atoms with Crippen molar-refractivity contribution in [2.24, 2.45) is 0 Å². The third-order valence-electron chi connectivity index (χ3n) is 7.36. The van der Waals surface area contributed by atoms with Crippen molar-refractivity contribution in [3.63, 3.8) is 0 Å². The van der Waals surface area contributed by atoms with Crippen molar-refractivity contribution in [3.05, 3.63) is 87.0 Å². The summed E-state index contributed by atoms with van der Waals surface area (Å²) in [5, 5.41) is 13.9. The van der Waals surface area contributed by atoms with Gasteiger partial charge in [-0.05, 0) is 77.7 Å². The minimum atomic E-state index is -0.0604. The number of fused-ring (bicyclic) bond motifs is 1. The maximum atomic E-state index is 13.2. The molecular formula is C29H36N6O2. The van der Waals surface area contributed by atoms with E-state index in [0.29, 0.717) is 19.6 Å². The van der Waals surface area contributed by atoms with Crippen LogP contribution in [-0.4, -0.2) is 42.8 Å². The Labute approximate surface area is 217 Å². The number of aromatic nitrogens is 5. The topological polar surface area (TPSA) is 88.9 Å². The lowest BCUT2D eigenvalue weighted by atomic mass is 10.0. The first-order valence-electron chi connectivity index (χ1n) is 13.4. The highest BCUT2D eigenvalue weighted by atomic mass is 16.5. The molecule has 0 unspecified atom stereocenters. The Morgan fingerprint density at radius 2 is 1.92 bits per heavy atom. The molecule has 3 heterocycles. The van der Waals surface area contributed by atoms with Crippen LogP contribution in [-0.2, 0) is 30.8 Å². The van der Waals surface area contributed by atoms with E-state index in [0.717, 1.165) is 54.6 Å². The van der Waals surface area contributed by atoms with Crippen molar-refractivity contribution in [2.45, 2.75) is 78.2 Å². The Morgan fingerprint density at radius 1 is 1.11 bits per heavy atom. The second-order valence-corrected chi connectivity index (χ2v) is 10.1. The molecule has 2 atom stereocenters. The smallest absolute Gasteiger partial charge is 0.252 e. The molecule has 2 aromatic heterocycles. The molecule has 1 aliphatic heterocycles. The van der Waals surface area contributed by atoms with Crippen molar-refractivity contribution in [2.75, 3.05) is 6.61 Å². The van der Waals surface area contributed by atoms with Gasteiger partial charge in [-0.3, -0.25) is 9.69 Å². The maximum Gasteiger partial charge on any atom is 0.252 e. The van der Waals surface area contributed by atoms with E-state index in [2.05, 4.69) is 82.6 Å². The van der Waals surface area contributed by atoms with Crippen molar-refractivity contribution in [1.29, 1.82) is 0 Å². The van der Waals surface area contributed by atoms with Gasteiger partial charge in [0.25, 0.3) is 5.56 Å². The van der Waals surface area contributed by atoms with Crippen LogP contribution < -0.4 is 5.56 Å². The predicted molar refractivity (Wildman–Crippen MR) is 144 cm³/mol. The molecule has 37 heavy (non-hydrogen) atoms. The number of nitrogens with zero attached hydrogens (tertiary/aromatic N) is 5. The lowest BCUT2D eigenvalue weighted by molar-refractivity contribution is 0.0888. The van der Waals surface area contributed by atoms with Gasteiger partial charge in [0, 0.05) is 30.8 Å². The number of rotatable bonds is 10. The van der Waals surface area contributed by atoms with Crippen LogP contribution in [0.2, 0.25) is 0 Å². The number of ether oxygens (including phenoxy) is 1. The fraction of sp³-hybridized carbons (Fsp3) is 0.448. The Morgan fingerprint density at radius 3 is 2.65 bits per heavy atom. The van der Waals surface area contributed by atoms with Gasteiger partial charge in [-0.25, -0.2) is 4.68 Å². The molecule has 1 aliphatic rings. The summed E-state index contributed by atoms with van der Waals surface area (Å²) in [6.45, 7) is 8.99. The molecule has 8 heteroatoms. The largest absolute Gasteiger partial charge is 0.376 e. The van der Waals surface area contributed by atoms with Gasteiger partial charge in [-0.1, -0.05) is 49.7 Å². The SMILES string of the molecule is CCc1ccc2[nH]c(=O)c(CN(Cc3ccc(C)cc3)[C@@H](CC)c3nnnn3C[C@H]3CCCO3)cc2c1. The number of hydrogen-bond acceptors (Lipinski definition) is 6. The molecule has 194 valence electrons. The van der Waals surface area contributed by atoms with Gasteiger partial charge >= 0.3 is 0 Å². The lowest BCUT2D eigenvalue weighted by Crippen LogP contribution is -2.33. The van der Waals surface area contributed by atoms with Gasteiger partial charge in [0.15, 0.2) is 5.82 Å². The van der Waals surface area contributed by atoms with Crippen LogP contribution in [0.25, 0.3) is 10.9 Å². The summed E-state index contributed by atoms with van der Waals surface area (Å²) in [5.41, 5.74) is 5.21. The number of H-pyrrole nitrogens is 1. The summed E-state index contributed by atoms with van der Waals surface area (Å²) < 4.78 is 7.75. The lowest BCUT2D eigenvalue weighted by Gasteiger charge is -2.30. The monoisotopic (exact) mass is 500 g/mol. The van der Waals surface area contributed by atoms with Gasteiger partial charge in [0.1, 0.15) is 0 Å². The Bertz CT molecular complexity index is 1390. The highest BCUT2D eigenvalue weighted by Crippen LogP contribution is 2.27. The van der Waals surface area contributed by atoms with E-state index in [1.54, 1.807) is 0 Å². The Balaban J connectivity index is 1.50. The fourth-order valence-corrected chi connectivity index (χ4v) is 5.23. The molecule has 0 amide bonds. The number of pyridine rings is 1. The minimum Gasteiger partial charge on any atom is -0.376 e. The summed E-state index contributed by atoms with van der Waals surface area (Å²) in [4.78, 5) is 18.6. The maximum absolute atomic E-state index is 13.2. The quantitative estimate of drug-likeness (QED) is 0.339. The molecule has 0 radical (unpaired) electrons. The second-order valence-electron chi connectivity index (χ2n) is 10.1. The van der Waals surface area contributed by atoms with Gasteiger partial charge in [-0.15, -0.1) is 5.10 Å². The van der Waals surface area contributed by atoms with Crippen LogP contribution in [0.3, 0.4) is 0 Å². The summed E-state index contributed by atoms with van der Waals surface area (Å²) in [6, 6.07) is 16.8. The molecule has 1 fully saturated rings. The van der Waals surface area contributed by atoms with E-state index < -0.39 is 0 Å². The predicted octanol–water partition coefficient (Wildman–Crippen LogP) is 4.72. The third-order valence-corrected chi connectivity index (χ3v) is 7.36. The summed E-state index contributed by atoms with van der Waals surface area (Å²) >= 11 is 0. The van der Waals surface area contributed by atoms with Crippen LogP contribution in [0, 0.1) is 6.92 Å². The van der Waals surface area contributed by atoms with Gasteiger partial charge < -0.3 is 9.72 Å². The normalized spacial score (nSPS) is 16.6. The van der Waals surface area contributed by atoms with Crippen LogP contribution in [0.1, 0.15) is 67.2 Å². The zero-order chi connectivity index (χ0) is 25.8. The molecule has 0 spiro atoms. The first kappa shape index (κ1) is 25.3. The molecular weight excluding hydrogens is 464 g/mol. The molecule has 1 saturated heterocycles. The van der Waals surface area contributed by atoms with E-state index >= 15 is 0 Å². The first-order chi connectivity index (χ1) is 18.0. The molecule has 8 nitrogen and oxygen atoms in total. The fourth-order valence-electron chi connectivity index (χ4n) is 5.23. The summed E-state index contributed by atoms with van der Waals surface area (Å²) in [7, 11) is 0. The van der Waals surface area contributed by atoms with Crippen molar-refractivity contribution in [1.82, 2.24) is 30.1 Å². The zero-order valence-electron chi connectivity index (χ0n) is 22.0. The highest BCUT2D eigenvalue weighted by Gasteiger charge is 2.28. The van der Waals surface area contributed by atoms with Crippen LogP contribution in [0.4, 0.5) is 0 Å². The van der Waals surface area contributed by atoms with Gasteiger partial charge in [0.05, 0.1) is 18.7 Å². The van der Waals surface area contributed by atoms with Crippen molar-refractivity contribution >= 4 is 10.9 Å². The molecule has 0 bridgehead atoms. The number of tetrazole rings is 1. The molecule has 0 saturated carbocycles. The van der Waals surface area contributed by atoms with Crippen LogP contribution in [0.5, 0.6) is 0 Å². The number of nitrogens with one attached hydrogen (secondary N) is 1. The average Bonchev–Trinajstić information content (AvgIpc) is 3.59. The first-order valence-corrected chi connectivity index (χ1v) is 13.4. The van der Waals surface area contributed by atoms with E-state index in [4.69, 9.17) is 4.74 Å². The molecule has 1 N–H and O–H groups in total. The minimum absolute atomic E-state index is 0.0561. The summed E-state index contributed by atoms with van der Waals surface area (Å²) in [6.07, 6.45) is 4.00. The molecule has 2 aromatic carbocycles. The third kappa shape index (κ3) is 5.81. The number of aromatic amines is 1. The average molecular weight is 501 g/mol. The van der Waals surface area contributed by atoms with Gasteiger partial charge in [0.2, 0.25) is 0 Å². The van der Waals surface area contributed by atoms with E-state index in [-0.39, 0.29) is 17.7 Å². The number of aryl methyl sites for hydroxylation is 2. The second kappa shape index (κ2) is 11.4. The Kier molecular flexibility index (Phi) is 7.76. The number of benzene rings is 2.